The topological polar surface area (TPSA) is 93.5 Å². The second kappa shape index (κ2) is 5.51. The molecule has 0 heterocycles. The summed E-state index contributed by atoms with van der Waals surface area (Å²) < 4.78 is 0. The molecule has 0 saturated carbocycles. The van der Waals surface area contributed by atoms with Crippen LogP contribution in [0.15, 0.2) is 48.5 Å². The van der Waals surface area contributed by atoms with Gasteiger partial charge >= 0.3 is 5.69 Å². The molecule has 0 saturated heterocycles. The molecule has 0 fully saturated rings. The van der Waals surface area contributed by atoms with Crippen LogP contribution in [0.4, 0.5) is 17.1 Å². The van der Waals surface area contributed by atoms with Gasteiger partial charge in [0.1, 0.15) is 0 Å². The standard InChI is InChI=1S/C13H9N5O/c14-17-11-6-4-10(5-7-11)16-13(19)9-2-1-3-12(8-9)18-15/h1-8,18H/p+1. The van der Waals surface area contributed by atoms with Crippen LogP contribution in [-0.4, -0.2) is 5.91 Å². The highest BCUT2D eigenvalue weighted by Crippen LogP contribution is 2.17. The predicted octanol–water partition coefficient (Wildman–Crippen LogP) is 2.16. The molecule has 0 atom stereocenters. The Labute approximate surface area is 109 Å². The highest BCUT2D eigenvalue weighted by molar-refractivity contribution is 6.04. The molecular weight excluding hydrogens is 242 g/mol. The molecule has 0 spiro atoms. The molecular formula is C13H10N5O+. The van der Waals surface area contributed by atoms with Crippen LogP contribution in [0.25, 0.3) is 10.5 Å². The molecule has 0 aliphatic carbocycles. The molecule has 0 aliphatic heterocycles. The summed E-state index contributed by atoms with van der Waals surface area (Å²) in [4.78, 5) is 15.0. The average Bonchev–Trinajstić information content (AvgIpc) is 2.48. The molecule has 2 aromatic rings. The molecule has 6 heteroatoms. The van der Waals surface area contributed by atoms with E-state index < -0.39 is 0 Å². The van der Waals surface area contributed by atoms with Crippen molar-refractivity contribution in [2.75, 3.05) is 5.32 Å². The van der Waals surface area contributed by atoms with E-state index in [1.807, 2.05) is 5.11 Å². The summed E-state index contributed by atoms with van der Waals surface area (Å²) in [5, 5.41) is 13.2. The second-order valence-corrected chi connectivity index (χ2v) is 3.79. The fourth-order valence-electron chi connectivity index (χ4n) is 1.54. The molecule has 6 nitrogen and oxygen atoms in total. The quantitative estimate of drug-likeness (QED) is 0.647. The molecule has 0 radical (unpaired) electrons. The maximum absolute atomic E-state index is 11.9. The summed E-state index contributed by atoms with van der Waals surface area (Å²) in [5.41, 5.74) is 10.6. The average molecular weight is 252 g/mol. The van der Waals surface area contributed by atoms with Crippen LogP contribution in [0.1, 0.15) is 10.4 Å². The van der Waals surface area contributed by atoms with Crippen molar-refractivity contribution >= 4 is 23.0 Å². The van der Waals surface area contributed by atoms with Gasteiger partial charge in [0.2, 0.25) is 5.39 Å². The zero-order valence-electron chi connectivity index (χ0n) is 9.87. The van der Waals surface area contributed by atoms with Gasteiger partial charge in [-0.2, -0.15) is 0 Å². The lowest BCUT2D eigenvalue weighted by Gasteiger charge is -2.04. The fourth-order valence-corrected chi connectivity index (χ4v) is 1.54. The number of nitrogens with zero attached hydrogens (tertiary/aromatic N) is 3. The lowest BCUT2D eigenvalue weighted by atomic mass is 10.2. The largest absolute Gasteiger partial charge is 0.502 e. The number of carbonyl (C=O) groups is 1. The molecule has 0 unspecified atom stereocenters. The van der Waals surface area contributed by atoms with Gasteiger partial charge in [-0.05, 0) is 18.2 Å². The van der Waals surface area contributed by atoms with Crippen molar-refractivity contribution in [3.05, 3.63) is 64.6 Å². The van der Waals surface area contributed by atoms with E-state index in [2.05, 4.69) is 10.3 Å². The molecule has 2 rings (SSSR count). The number of nitrogens with one attached hydrogen (secondary N) is 2. The Balaban J connectivity index is 2.15. The van der Waals surface area contributed by atoms with Crippen molar-refractivity contribution < 1.29 is 9.91 Å². The van der Waals surface area contributed by atoms with E-state index in [9.17, 15) is 4.79 Å². The monoisotopic (exact) mass is 252 g/mol. The Morgan fingerprint density at radius 3 is 2.58 bits per heavy atom. The van der Waals surface area contributed by atoms with Crippen LogP contribution in [0, 0.1) is 5.39 Å². The van der Waals surface area contributed by atoms with Crippen LogP contribution in [0.3, 0.4) is 0 Å². The number of benzene rings is 2. The molecule has 0 bridgehead atoms. The maximum atomic E-state index is 11.9. The van der Waals surface area contributed by atoms with Gasteiger partial charge in [-0.3, -0.25) is 9.91 Å². The minimum atomic E-state index is -0.300. The van der Waals surface area contributed by atoms with Crippen molar-refractivity contribution in [2.24, 2.45) is 0 Å². The number of diazo groups is 1. The van der Waals surface area contributed by atoms with E-state index in [-0.39, 0.29) is 5.91 Å². The lowest BCUT2D eigenvalue weighted by Crippen LogP contribution is -2.54. The minimum absolute atomic E-state index is 0.300. The number of hydrogen-bond acceptors (Lipinski definition) is 2. The lowest BCUT2D eigenvalue weighted by molar-refractivity contribution is -0.379. The Hall–Kier alpha value is -3.07. The minimum Gasteiger partial charge on any atom is -0.502 e. The van der Waals surface area contributed by atoms with E-state index in [1.54, 1.807) is 42.5 Å². The number of carbonyl (C=O) groups excluding carboxylic acids is 1. The van der Waals surface area contributed by atoms with Gasteiger partial charge in [-0.15, -0.1) is 0 Å². The van der Waals surface area contributed by atoms with Crippen LogP contribution < -0.4 is 10.4 Å². The molecule has 0 aromatic heterocycles. The van der Waals surface area contributed by atoms with Crippen molar-refractivity contribution in [3.8, 4) is 0 Å². The zero-order chi connectivity index (χ0) is 13.7. The van der Waals surface area contributed by atoms with Gasteiger partial charge in [0, 0.05) is 35.5 Å². The first-order valence-corrected chi connectivity index (χ1v) is 5.49. The summed E-state index contributed by atoms with van der Waals surface area (Å²) in [6.07, 6.45) is 0. The first kappa shape index (κ1) is 12.4. The van der Waals surface area contributed by atoms with Gasteiger partial charge in [0.05, 0.1) is 0 Å². The summed E-state index contributed by atoms with van der Waals surface area (Å²) in [7, 11) is 0. The summed E-state index contributed by atoms with van der Waals surface area (Å²) in [6.45, 7) is 0. The third kappa shape index (κ3) is 2.98. The van der Waals surface area contributed by atoms with Gasteiger partial charge in [-0.1, -0.05) is 6.07 Å². The Morgan fingerprint density at radius 1 is 1.21 bits per heavy atom. The summed E-state index contributed by atoms with van der Waals surface area (Å²) in [5.74, 6) is -0.300. The summed E-state index contributed by atoms with van der Waals surface area (Å²) >= 11 is 0. The Morgan fingerprint density at radius 2 is 1.95 bits per heavy atom. The first-order chi connectivity index (χ1) is 9.22. The Kier molecular flexibility index (Phi) is 3.59. The number of hydrogen-bond donors (Lipinski definition) is 2. The fraction of sp³-hybridized carbons (Fsp3) is 0. The van der Waals surface area contributed by atoms with Gasteiger partial charge in [0.25, 0.3) is 5.91 Å². The zero-order valence-corrected chi connectivity index (χ0v) is 9.87. The molecule has 19 heavy (non-hydrogen) atoms. The molecule has 2 N–H and O–H groups in total. The van der Waals surface area contributed by atoms with Crippen molar-refractivity contribution in [1.82, 2.24) is 0 Å². The first-order valence-electron chi connectivity index (χ1n) is 5.49. The van der Waals surface area contributed by atoms with Gasteiger partial charge in [0.15, 0.2) is 10.7 Å². The van der Waals surface area contributed by atoms with Crippen molar-refractivity contribution in [3.63, 3.8) is 0 Å². The van der Waals surface area contributed by atoms with Crippen LogP contribution in [0.2, 0.25) is 0 Å². The van der Waals surface area contributed by atoms with Crippen molar-refractivity contribution in [2.45, 2.75) is 0 Å². The molecule has 1 amide bonds. The van der Waals surface area contributed by atoms with Gasteiger partial charge < -0.3 is 10.8 Å². The highest BCUT2D eigenvalue weighted by Gasteiger charge is 2.09. The van der Waals surface area contributed by atoms with Crippen LogP contribution >= 0.6 is 0 Å². The third-order valence-corrected chi connectivity index (χ3v) is 2.49. The smallest absolute Gasteiger partial charge is 0.385 e. The number of amides is 1. The molecule has 92 valence electrons. The van der Waals surface area contributed by atoms with Crippen LogP contribution in [-0.2, 0) is 0 Å². The Bertz CT molecular complexity index is 657. The normalized spacial score (nSPS) is 9.42. The molecule has 0 aliphatic rings. The predicted molar refractivity (Wildman–Crippen MR) is 69.6 cm³/mol. The van der Waals surface area contributed by atoms with E-state index in [1.165, 1.54) is 6.07 Å². The van der Waals surface area contributed by atoms with E-state index in [0.717, 1.165) is 0 Å². The van der Waals surface area contributed by atoms with Crippen molar-refractivity contribution in [1.29, 1.82) is 5.39 Å². The number of anilines is 1. The summed E-state index contributed by atoms with van der Waals surface area (Å²) in [6, 6.07) is 12.8. The maximum Gasteiger partial charge on any atom is 0.385 e. The second-order valence-electron chi connectivity index (χ2n) is 3.79. The highest BCUT2D eigenvalue weighted by atomic mass is 16.1. The number of rotatable bonds is 3. The van der Waals surface area contributed by atoms with E-state index in [4.69, 9.17) is 10.9 Å². The van der Waals surface area contributed by atoms with Gasteiger partial charge in [-0.25, -0.2) is 0 Å². The van der Waals surface area contributed by atoms with E-state index in [0.29, 0.717) is 22.6 Å². The third-order valence-electron chi connectivity index (χ3n) is 2.49. The van der Waals surface area contributed by atoms with E-state index >= 15 is 0 Å². The SMILES string of the molecule is N#[N+]c1ccc(NC(=O)c2cccc([NH+]=[N-])c2)cc1. The van der Waals surface area contributed by atoms with Crippen LogP contribution in [0.5, 0.6) is 0 Å². The molecule has 2 aromatic carbocycles.